The monoisotopic (exact) mass is 548 g/mol. The Morgan fingerprint density at radius 2 is 1.57 bits per heavy atom. The van der Waals surface area contributed by atoms with E-state index in [1.807, 2.05) is 72.8 Å². The van der Waals surface area contributed by atoms with Crippen molar-refractivity contribution in [2.75, 3.05) is 26.8 Å². The topological polar surface area (TPSA) is 147 Å². The molecule has 0 saturated heterocycles. The van der Waals surface area contributed by atoms with Crippen molar-refractivity contribution in [2.24, 2.45) is 7.05 Å². The molecule has 4 rings (SSSR count). The average molecular weight is 549 g/mol. The second kappa shape index (κ2) is 14.5. The molecular formula is C30H32N2O8. The van der Waals surface area contributed by atoms with Gasteiger partial charge in [-0.15, -0.1) is 0 Å². The zero-order chi connectivity index (χ0) is 29.1. The highest BCUT2D eigenvalue weighted by molar-refractivity contribution is 6.27. The molecule has 3 aromatic carbocycles. The van der Waals surface area contributed by atoms with Gasteiger partial charge in [-0.1, -0.05) is 36.4 Å². The quantitative estimate of drug-likeness (QED) is 0.173. The maximum absolute atomic E-state index is 12.9. The van der Waals surface area contributed by atoms with E-state index in [9.17, 15) is 9.90 Å². The first-order valence-corrected chi connectivity index (χ1v) is 12.5. The summed E-state index contributed by atoms with van der Waals surface area (Å²) in [6, 6.07) is 25.0. The summed E-state index contributed by atoms with van der Waals surface area (Å²) < 4.78 is 12.8. The molecule has 1 aromatic heterocycles. The molecule has 210 valence electrons. The average Bonchev–Trinajstić information content (AvgIpc) is 2.97. The molecule has 1 atom stereocenters. The summed E-state index contributed by atoms with van der Waals surface area (Å²) in [5.74, 6) is -2.20. The number of nitrogens with zero attached hydrogens (tertiary/aromatic N) is 1. The van der Waals surface area contributed by atoms with Crippen molar-refractivity contribution in [2.45, 2.75) is 12.5 Å². The molecule has 4 aromatic rings. The Balaban J connectivity index is 0.000000663. The largest absolute Gasteiger partial charge is 0.497 e. The first kappa shape index (κ1) is 29.9. The van der Waals surface area contributed by atoms with Gasteiger partial charge in [0.1, 0.15) is 11.5 Å². The summed E-state index contributed by atoms with van der Waals surface area (Å²) >= 11 is 0. The molecule has 0 bridgehead atoms. The van der Waals surface area contributed by atoms with Crippen molar-refractivity contribution >= 4 is 22.7 Å². The Morgan fingerprint density at radius 3 is 2.20 bits per heavy atom. The molecule has 4 N–H and O–H groups in total. The van der Waals surface area contributed by atoms with Crippen LogP contribution in [0, 0.1) is 0 Å². The number of fused-ring (bicyclic) bond motifs is 1. The molecular weight excluding hydrogens is 516 g/mol. The van der Waals surface area contributed by atoms with E-state index in [-0.39, 0.29) is 5.56 Å². The highest BCUT2D eigenvalue weighted by atomic mass is 16.5. The van der Waals surface area contributed by atoms with Gasteiger partial charge in [0.2, 0.25) is 0 Å². The van der Waals surface area contributed by atoms with Gasteiger partial charge in [-0.3, -0.25) is 4.79 Å². The predicted molar refractivity (Wildman–Crippen MR) is 151 cm³/mol. The van der Waals surface area contributed by atoms with Crippen LogP contribution in [0.2, 0.25) is 0 Å². The fourth-order valence-electron chi connectivity index (χ4n) is 3.93. The number of hydrogen-bond donors (Lipinski definition) is 4. The van der Waals surface area contributed by atoms with Gasteiger partial charge in [0.25, 0.3) is 5.56 Å². The molecule has 0 aliphatic rings. The number of carboxylic acid groups (broad SMARTS) is 2. The standard InChI is InChI=1S/C28H30N2O4.C2H2O4/c1-30-26(17-22-11-14-24(33-2)18-25(22)28(30)32)20-9-12-23(13-10-20)34-16-6-15-29-19-27(31)21-7-4-3-5-8-21;3-1(4)2(5)6/h3-5,7-14,17-18,27,29,31H,6,15-16,19H2,1-2H3;(H,3,4)(H,5,6). The van der Waals surface area contributed by atoms with Crippen LogP contribution in [-0.4, -0.2) is 58.6 Å². The Labute approximate surface area is 231 Å². The molecule has 0 aliphatic carbocycles. The van der Waals surface area contributed by atoms with Crippen LogP contribution in [0.15, 0.2) is 83.7 Å². The minimum atomic E-state index is -1.82. The van der Waals surface area contributed by atoms with E-state index < -0.39 is 18.0 Å². The molecule has 1 heterocycles. The fraction of sp³-hybridized carbons (Fsp3) is 0.233. The van der Waals surface area contributed by atoms with E-state index in [1.165, 1.54) is 0 Å². The van der Waals surface area contributed by atoms with Gasteiger partial charge >= 0.3 is 11.9 Å². The number of aliphatic hydroxyl groups is 1. The second-order valence-corrected chi connectivity index (χ2v) is 8.81. The summed E-state index contributed by atoms with van der Waals surface area (Å²) in [5.41, 5.74) is 2.64. The number of hydrogen-bond acceptors (Lipinski definition) is 7. The van der Waals surface area contributed by atoms with Gasteiger partial charge < -0.3 is 34.7 Å². The lowest BCUT2D eigenvalue weighted by Crippen LogP contribution is -2.23. The molecule has 0 saturated carbocycles. The number of ether oxygens (including phenoxy) is 2. The zero-order valence-corrected chi connectivity index (χ0v) is 22.2. The number of benzene rings is 3. The van der Waals surface area contributed by atoms with Crippen LogP contribution in [-0.2, 0) is 16.6 Å². The van der Waals surface area contributed by atoms with Gasteiger partial charge in [0.05, 0.1) is 30.9 Å². The van der Waals surface area contributed by atoms with E-state index in [4.69, 9.17) is 29.3 Å². The second-order valence-electron chi connectivity index (χ2n) is 8.81. The van der Waals surface area contributed by atoms with E-state index in [2.05, 4.69) is 5.32 Å². The highest BCUT2D eigenvalue weighted by Crippen LogP contribution is 2.26. The summed E-state index contributed by atoms with van der Waals surface area (Å²) in [6.07, 6.45) is 0.314. The lowest BCUT2D eigenvalue weighted by molar-refractivity contribution is -0.159. The molecule has 10 heteroatoms. The number of aromatic nitrogens is 1. The third-order valence-electron chi connectivity index (χ3n) is 6.07. The van der Waals surface area contributed by atoms with Gasteiger partial charge in [0.15, 0.2) is 0 Å². The SMILES string of the molecule is COc1ccc2cc(-c3ccc(OCCCNCC(O)c4ccccc4)cc3)n(C)c(=O)c2c1.O=C(O)C(=O)O. The van der Waals surface area contributed by atoms with Crippen LogP contribution in [0.1, 0.15) is 18.1 Å². The lowest BCUT2D eigenvalue weighted by atomic mass is 10.1. The van der Waals surface area contributed by atoms with Gasteiger partial charge in [0, 0.05) is 13.6 Å². The number of aliphatic hydroxyl groups excluding tert-OH is 1. The Kier molecular flexibility index (Phi) is 10.8. The Morgan fingerprint density at radius 1 is 0.925 bits per heavy atom. The third kappa shape index (κ3) is 8.16. The van der Waals surface area contributed by atoms with Crippen molar-refractivity contribution < 1.29 is 34.4 Å². The molecule has 0 amide bonds. The summed E-state index contributed by atoms with van der Waals surface area (Å²) in [4.78, 5) is 31.1. The molecule has 0 aliphatic heterocycles. The van der Waals surface area contributed by atoms with Crippen molar-refractivity contribution in [3.05, 3.63) is 94.8 Å². The van der Waals surface area contributed by atoms with E-state index in [0.717, 1.165) is 40.9 Å². The Hall–Kier alpha value is -4.67. The number of carbonyl (C=O) groups is 2. The van der Waals surface area contributed by atoms with E-state index >= 15 is 0 Å². The molecule has 0 radical (unpaired) electrons. The number of aliphatic carboxylic acids is 2. The molecule has 0 fully saturated rings. The first-order valence-electron chi connectivity index (χ1n) is 12.5. The summed E-state index contributed by atoms with van der Waals surface area (Å²) in [7, 11) is 3.37. The number of pyridine rings is 1. The summed E-state index contributed by atoms with van der Waals surface area (Å²) in [6.45, 7) is 1.84. The fourth-order valence-corrected chi connectivity index (χ4v) is 3.93. The van der Waals surface area contributed by atoms with Gasteiger partial charge in [-0.2, -0.15) is 0 Å². The minimum absolute atomic E-state index is 0.0587. The highest BCUT2D eigenvalue weighted by Gasteiger charge is 2.10. The number of rotatable bonds is 10. The van der Waals surface area contributed by atoms with Gasteiger partial charge in [-0.25, -0.2) is 9.59 Å². The maximum Gasteiger partial charge on any atom is 0.414 e. The maximum atomic E-state index is 12.9. The van der Waals surface area contributed by atoms with Crippen LogP contribution in [0.4, 0.5) is 0 Å². The van der Waals surface area contributed by atoms with Crippen LogP contribution in [0.3, 0.4) is 0 Å². The number of methoxy groups -OCH3 is 1. The molecule has 1 unspecified atom stereocenters. The summed E-state index contributed by atoms with van der Waals surface area (Å²) in [5, 5.41) is 29.7. The smallest absolute Gasteiger partial charge is 0.414 e. The van der Waals surface area contributed by atoms with Crippen molar-refractivity contribution in [3.8, 4) is 22.8 Å². The zero-order valence-electron chi connectivity index (χ0n) is 22.2. The van der Waals surface area contributed by atoms with Gasteiger partial charge in [-0.05, 0) is 71.9 Å². The first-order chi connectivity index (χ1) is 19.2. The normalized spacial score (nSPS) is 11.3. The van der Waals surface area contributed by atoms with Crippen LogP contribution in [0.5, 0.6) is 11.5 Å². The van der Waals surface area contributed by atoms with Crippen molar-refractivity contribution in [3.63, 3.8) is 0 Å². The van der Waals surface area contributed by atoms with Crippen LogP contribution >= 0.6 is 0 Å². The molecule has 40 heavy (non-hydrogen) atoms. The number of nitrogens with one attached hydrogen (secondary N) is 1. The van der Waals surface area contributed by atoms with Crippen molar-refractivity contribution in [1.29, 1.82) is 0 Å². The Bertz CT molecular complexity index is 1470. The minimum Gasteiger partial charge on any atom is -0.497 e. The number of carboxylic acids is 2. The molecule has 10 nitrogen and oxygen atoms in total. The third-order valence-corrected chi connectivity index (χ3v) is 6.07. The van der Waals surface area contributed by atoms with Crippen LogP contribution in [0.25, 0.3) is 22.0 Å². The predicted octanol–water partition coefficient (Wildman–Crippen LogP) is 3.46. The van der Waals surface area contributed by atoms with E-state index in [1.54, 1.807) is 24.8 Å². The lowest BCUT2D eigenvalue weighted by Gasteiger charge is -2.13. The van der Waals surface area contributed by atoms with Crippen LogP contribution < -0.4 is 20.3 Å². The van der Waals surface area contributed by atoms with E-state index in [0.29, 0.717) is 24.3 Å². The molecule has 0 spiro atoms. The van der Waals surface area contributed by atoms with Crippen molar-refractivity contribution in [1.82, 2.24) is 9.88 Å².